The maximum atomic E-state index is 7.70. The number of allylic oxidation sites excluding steroid dienone is 3. The Balaban J connectivity index is 0.0000122. The minimum atomic E-state index is -2.20. The highest BCUT2D eigenvalue weighted by Crippen LogP contribution is 2.57. The van der Waals surface area contributed by atoms with E-state index in [0.29, 0.717) is 6.61 Å². The monoisotopic (exact) mass is 1090 g/mol. The zero-order chi connectivity index (χ0) is 49.8. The third-order valence-corrected chi connectivity index (χ3v) is 28.8. The second-order valence-electron chi connectivity index (χ2n) is 22.7. The molecule has 0 N–H and O–H groups in total. The summed E-state index contributed by atoms with van der Waals surface area (Å²) in [5.41, 5.74) is 2.51. The first-order valence-corrected chi connectivity index (χ1v) is 32.8. The maximum Gasteiger partial charge on any atom is 0.192 e. The Kier molecular flexibility index (Phi) is 23.0. The zero-order valence-corrected chi connectivity index (χ0v) is 50.2. The molecule has 374 valence electrons. The van der Waals surface area contributed by atoms with E-state index in [2.05, 4.69) is 237 Å². The third-order valence-electron chi connectivity index (χ3n) is 15.2. The van der Waals surface area contributed by atoms with Crippen molar-refractivity contribution in [1.82, 2.24) is 0 Å². The Hall–Kier alpha value is -2.63. The molecule has 0 saturated heterocycles. The van der Waals surface area contributed by atoms with Crippen molar-refractivity contribution in [3.05, 3.63) is 157 Å². The number of hydrogen-bond acceptors (Lipinski definition) is 4. The highest BCUT2D eigenvalue weighted by molar-refractivity contribution is 7.95. The summed E-state index contributed by atoms with van der Waals surface area (Å²) < 4.78 is 27.7. The Morgan fingerprint density at radius 2 is 1.06 bits per heavy atom. The smallest absolute Gasteiger partial charge is 0.192 e. The van der Waals surface area contributed by atoms with Gasteiger partial charge in [0.15, 0.2) is 16.6 Å². The summed E-state index contributed by atoms with van der Waals surface area (Å²) in [6.07, 6.45) is 10.6. The van der Waals surface area contributed by atoms with E-state index in [1.54, 1.807) is 7.11 Å². The first-order chi connectivity index (χ1) is 31.4. The van der Waals surface area contributed by atoms with Gasteiger partial charge in [0, 0.05) is 17.8 Å². The van der Waals surface area contributed by atoms with Crippen molar-refractivity contribution in [2.45, 2.75) is 151 Å². The Morgan fingerprint density at radius 1 is 0.618 bits per heavy atom. The molecule has 0 amide bonds. The maximum absolute atomic E-state index is 7.70. The molecule has 0 saturated carbocycles. The van der Waals surface area contributed by atoms with E-state index in [1.165, 1.54) is 21.5 Å². The van der Waals surface area contributed by atoms with Gasteiger partial charge < -0.3 is 42.3 Å². The van der Waals surface area contributed by atoms with Crippen LogP contribution in [0.2, 0.25) is 36.3 Å². The van der Waals surface area contributed by atoms with Gasteiger partial charge in [-0.15, -0.1) is 0 Å². The summed E-state index contributed by atoms with van der Waals surface area (Å²) in [4.78, 5) is 0. The molecule has 4 aromatic carbocycles. The molecular formula is C60H90IO4PSi2. The van der Waals surface area contributed by atoms with E-state index < -0.39 is 23.9 Å². The summed E-state index contributed by atoms with van der Waals surface area (Å²) in [5.74, 6) is 1.77. The van der Waals surface area contributed by atoms with Crippen LogP contribution in [0.3, 0.4) is 0 Å². The molecule has 0 spiro atoms. The van der Waals surface area contributed by atoms with Gasteiger partial charge in [-0.1, -0.05) is 179 Å². The van der Waals surface area contributed by atoms with Gasteiger partial charge in [0.1, 0.15) is 28.9 Å². The van der Waals surface area contributed by atoms with Gasteiger partial charge in [-0.25, -0.2) is 0 Å². The van der Waals surface area contributed by atoms with Crippen LogP contribution >= 0.6 is 7.26 Å². The molecule has 0 bridgehead atoms. The molecule has 0 fully saturated rings. The van der Waals surface area contributed by atoms with Gasteiger partial charge in [0.2, 0.25) is 0 Å². The molecule has 4 nitrogen and oxygen atoms in total. The summed E-state index contributed by atoms with van der Waals surface area (Å²) >= 11 is 0. The van der Waals surface area contributed by atoms with Gasteiger partial charge in [-0.05, 0) is 116 Å². The first kappa shape index (κ1) is 59.7. The topological polar surface area (TPSA) is 36.9 Å². The molecular weight excluding hydrogens is 999 g/mol. The van der Waals surface area contributed by atoms with Crippen LogP contribution in [0.1, 0.15) is 95.1 Å². The highest BCUT2D eigenvalue weighted by Gasteiger charge is 2.50. The van der Waals surface area contributed by atoms with Crippen LogP contribution in [-0.4, -0.2) is 48.2 Å². The minimum Gasteiger partial charge on any atom is -1.00 e. The molecule has 0 radical (unpaired) electrons. The lowest BCUT2D eigenvalue weighted by atomic mass is 9.81. The second kappa shape index (κ2) is 26.2. The van der Waals surface area contributed by atoms with Crippen molar-refractivity contribution >= 4 is 39.8 Å². The molecule has 0 aromatic heterocycles. The molecule has 4 rings (SSSR count). The predicted molar refractivity (Wildman–Crippen MR) is 299 cm³/mol. The van der Waals surface area contributed by atoms with Crippen molar-refractivity contribution in [3.8, 4) is 5.75 Å². The molecule has 68 heavy (non-hydrogen) atoms. The van der Waals surface area contributed by atoms with Gasteiger partial charge >= 0.3 is 0 Å². The van der Waals surface area contributed by atoms with Crippen LogP contribution in [0.25, 0.3) is 0 Å². The molecule has 0 aliphatic carbocycles. The van der Waals surface area contributed by atoms with Crippen molar-refractivity contribution in [2.24, 2.45) is 29.6 Å². The van der Waals surface area contributed by atoms with Crippen LogP contribution in [0.4, 0.5) is 0 Å². The highest BCUT2D eigenvalue weighted by atomic mass is 127. The fourth-order valence-electron chi connectivity index (χ4n) is 9.35. The Labute approximate surface area is 435 Å². The van der Waals surface area contributed by atoms with Gasteiger partial charge in [0.25, 0.3) is 0 Å². The number of methoxy groups -OCH3 is 1. The molecule has 1 unspecified atom stereocenters. The van der Waals surface area contributed by atoms with Crippen molar-refractivity contribution in [1.29, 1.82) is 0 Å². The van der Waals surface area contributed by atoms with E-state index in [9.17, 15) is 0 Å². The summed E-state index contributed by atoms with van der Waals surface area (Å²) in [6, 6.07) is 42.2. The van der Waals surface area contributed by atoms with Gasteiger partial charge in [0.05, 0.1) is 38.2 Å². The summed E-state index contributed by atoms with van der Waals surface area (Å²) in [6.45, 7) is 42.6. The molecule has 0 aliphatic heterocycles. The largest absolute Gasteiger partial charge is 1.00 e. The van der Waals surface area contributed by atoms with Gasteiger partial charge in [-0.3, -0.25) is 0 Å². The average Bonchev–Trinajstić information content (AvgIpc) is 3.28. The number of benzene rings is 4. The Bertz CT molecular complexity index is 2050. The lowest BCUT2D eigenvalue weighted by molar-refractivity contribution is -0.0644. The van der Waals surface area contributed by atoms with Crippen LogP contribution in [0.15, 0.2) is 152 Å². The first-order valence-electron chi connectivity index (χ1n) is 25.0. The molecule has 0 aliphatic rings. The molecule has 8 heteroatoms. The van der Waals surface area contributed by atoms with Crippen molar-refractivity contribution < 1.29 is 42.3 Å². The number of hydrogen-bond donors (Lipinski definition) is 0. The minimum absolute atomic E-state index is 0. The van der Waals surface area contributed by atoms with Gasteiger partial charge in [-0.2, -0.15) is 0 Å². The number of halogens is 1. The number of rotatable bonds is 24. The van der Waals surface area contributed by atoms with E-state index in [4.69, 9.17) is 18.3 Å². The summed E-state index contributed by atoms with van der Waals surface area (Å²) in [7, 11) is -4.80. The molecule has 4 aromatic rings. The van der Waals surface area contributed by atoms with Crippen LogP contribution in [0.5, 0.6) is 5.75 Å². The van der Waals surface area contributed by atoms with E-state index in [-0.39, 0.29) is 82.0 Å². The van der Waals surface area contributed by atoms with Crippen molar-refractivity contribution in [3.63, 3.8) is 0 Å². The summed E-state index contributed by atoms with van der Waals surface area (Å²) in [5, 5.41) is 4.37. The molecule has 8 atom stereocenters. The fourth-order valence-corrected chi connectivity index (χ4v) is 17.0. The third kappa shape index (κ3) is 15.7. The lowest BCUT2D eigenvalue weighted by Crippen LogP contribution is -3.00. The number of ether oxygens (including phenoxy) is 2. The van der Waals surface area contributed by atoms with Crippen LogP contribution in [-0.2, 0) is 20.2 Å². The lowest BCUT2D eigenvalue weighted by Gasteiger charge is -2.45. The van der Waals surface area contributed by atoms with Crippen LogP contribution in [0, 0.1) is 29.6 Å². The predicted octanol–water partition coefficient (Wildman–Crippen LogP) is 12.6. The zero-order valence-electron chi connectivity index (χ0n) is 45.2. The van der Waals surface area contributed by atoms with E-state index in [1.807, 2.05) is 18.2 Å². The average molecular weight is 1090 g/mol. The van der Waals surface area contributed by atoms with Crippen LogP contribution < -0.4 is 44.6 Å². The Morgan fingerprint density at radius 3 is 1.47 bits per heavy atom. The fraction of sp³-hybridized carbons (Fsp3) is 0.500. The van der Waals surface area contributed by atoms with E-state index >= 15 is 0 Å². The van der Waals surface area contributed by atoms with E-state index in [0.717, 1.165) is 23.9 Å². The SMILES string of the molecule is C=C/C=C\[C@H](C)[C@H](OCc1ccc(OC)cc1)[C@@H](C)[C@H](O[Si](C)(C)C(C)(C)C)[C@@H](C)C/C(C)=C\[C@H](C)C(O[Si](C)(C)C(C)(C)C)[C@@H](C)C[P+](c1ccccc1)(c1ccccc1)c1ccccc1.[I-]. The second-order valence-corrected chi connectivity index (χ2v) is 35.7. The molecule has 0 heterocycles. The standard InChI is InChI=1S/C60H90O4PSi2.HI/c1-19-20-30-46(3)57(62-43-51-37-39-52(61-14)40-38-51)50(7)58(64-67(17,18)60(11,12)13)48(5)42-45(2)41-47(4)56(63-66(15,16)59(8,9)10)49(6)44-65(53-31-24-21-25-32-53,54-33-26-22-27-34-54)55-35-28-23-29-36-55;/h19-41,46-50,56-58H,1,42-44H2,2-18H3;1H/q+1;/p-1/b30-20-,45-41-;/t46-,47-,48-,49-,50+,56?,57-,58+;/m0./s1. The normalized spacial score (nSPS) is 16.8. The van der Waals surface area contributed by atoms with Crippen molar-refractivity contribution in [2.75, 3.05) is 13.3 Å². The quantitative estimate of drug-likeness (QED) is 0.0230.